The van der Waals surface area contributed by atoms with Gasteiger partial charge in [-0.05, 0) is 58.1 Å². The Balaban J connectivity index is 1.92. The van der Waals surface area contributed by atoms with Gasteiger partial charge in [-0.25, -0.2) is 4.79 Å². The fourth-order valence-corrected chi connectivity index (χ4v) is 3.67. The van der Waals surface area contributed by atoms with Crippen LogP contribution in [0.4, 0.5) is 0 Å². The Morgan fingerprint density at radius 1 is 1.13 bits per heavy atom. The van der Waals surface area contributed by atoms with Crippen LogP contribution in [0.5, 0.6) is 5.75 Å². The van der Waals surface area contributed by atoms with Crippen molar-refractivity contribution in [1.82, 2.24) is 0 Å². The van der Waals surface area contributed by atoms with Crippen LogP contribution in [0.3, 0.4) is 0 Å². The van der Waals surface area contributed by atoms with E-state index in [2.05, 4.69) is 0 Å². The van der Waals surface area contributed by atoms with Gasteiger partial charge in [-0.1, -0.05) is 29.3 Å². The van der Waals surface area contributed by atoms with Gasteiger partial charge in [-0.3, -0.25) is 0 Å². The Morgan fingerprint density at radius 2 is 2.00 bits per heavy atom. The smallest absolute Gasteiger partial charge is 0.344 e. The van der Waals surface area contributed by atoms with Crippen LogP contribution in [0.1, 0.15) is 10.4 Å². The average molecular weight is 381 g/mol. The van der Waals surface area contributed by atoms with Crippen LogP contribution in [0.25, 0.3) is 11.6 Å². The van der Waals surface area contributed by atoms with Gasteiger partial charge in [0.05, 0.1) is 10.6 Å². The van der Waals surface area contributed by atoms with Crippen LogP contribution < -0.4 is 4.74 Å². The molecule has 3 aromatic rings. The molecule has 0 unspecified atom stereocenters. The highest BCUT2D eigenvalue weighted by atomic mass is 35.5. The van der Waals surface area contributed by atoms with E-state index in [1.165, 1.54) is 11.3 Å². The molecular formula is C17H10Cl2O2S2. The third-order valence-corrected chi connectivity index (χ3v) is 5.01. The molecule has 6 heteroatoms. The minimum absolute atomic E-state index is 0.286. The van der Waals surface area contributed by atoms with Gasteiger partial charge in [-0.15, -0.1) is 11.3 Å². The van der Waals surface area contributed by atoms with Crippen LogP contribution in [0, 0.1) is 0 Å². The monoisotopic (exact) mass is 380 g/mol. The van der Waals surface area contributed by atoms with Gasteiger partial charge in [0.1, 0.15) is 5.75 Å². The zero-order valence-corrected chi connectivity index (χ0v) is 14.8. The largest absolute Gasteiger partial charge is 0.421 e. The van der Waals surface area contributed by atoms with E-state index >= 15 is 0 Å². The Kier molecular flexibility index (Phi) is 5.18. The molecule has 116 valence electrons. The second-order valence-electron chi connectivity index (χ2n) is 4.55. The lowest BCUT2D eigenvalue weighted by molar-refractivity contribution is -0.127. The second-order valence-corrected chi connectivity index (χ2v) is 7.15. The minimum atomic E-state index is -0.457. The molecule has 0 N–H and O–H groups in total. The highest BCUT2D eigenvalue weighted by molar-refractivity contribution is 7.11. The molecule has 0 saturated heterocycles. The lowest BCUT2D eigenvalue weighted by Crippen LogP contribution is -2.10. The van der Waals surface area contributed by atoms with Gasteiger partial charge in [0, 0.05) is 9.90 Å². The first-order chi connectivity index (χ1) is 11.1. The number of carbonyl (C=O) groups is 1. The fraction of sp³-hybridized carbons (Fsp3) is 0. The van der Waals surface area contributed by atoms with Gasteiger partial charge >= 0.3 is 5.97 Å². The zero-order chi connectivity index (χ0) is 16.2. The van der Waals surface area contributed by atoms with E-state index in [1.807, 2.05) is 40.4 Å². The molecule has 0 aliphatic heterocycles. The number of thiophene rings is 2. The summed E-state index contributed by atoms with van der Waals surface area (Å²) in [5.74, 6) is -0.172. The molecule has 2 heterocycles. The molecule has 0 aliphatic carbocycles. The maximum atomic E-state index is 12.6. The molecule has 23 heavy (non-hydrogen) atoms. The van der Waals surface area contributed by atoms with E-state index in [4.69, 9.17) is 27.9 Å². The number of benzene rings is 1. The van der Waals surface area contributed by atoms with Gasteiger partial charge in [0.25, 0.3) is 0 Å². The molecule has 0 atom stereocenters. The van der Waals surface area contributed by atoms with Crippen LogP contribution >= 0.6 is 45.9 Å². The van der Waals surface area contributed by atoms with E-state index in [0.717, 1.165) is 10.4 Å². The molecule has 0 aliphatic rings. The minimum Gasteiger partial charge on any atom is -0.421 e. The second kappa shape index (κ2) is 7.32. The summed E-state index contributed by atoms with van der Waals surface area (Å²) >= 11 is 15.0. The topological polar surface area (TPSA) is 26.3 Å². The lowest BCUT2D eigenvalue weighted by Gasteiger charge is -2.08. The van der Waals surface area contributed by atoms with Crippen molar-refractivity contribution in [2.75, 3.05) is 0 Å². The van der Waals surface area contributed by atoms with Crippen molar-refractivity contribution in [2.45, 2.75) is 0 Å². The molecule has 0 saturated carbocycles. The van der Waals surface area contributed by atoms with Gasteiger partial charge in [-0.2, -0.15) is 11.3 Å². The van der Waals surface area contributed by atoms with Crippen molar-refractivity contribution in [3.05, 3.63) is 73.0 Å². The summed E-state index contributed by atoms with van der Waals surface area (Å²) in [5.41, 5.74) is 1.30. The van der Waals surface area contributed by atoms with Crippen molar-refractivity contribution >= 4 is 63.5 Å². The number of carbonyl (C=O) groups excluding carboxylic acids is 1. The Morgan fingerprint density at radius 3 is 2.65 bits per heavy atom. The number of hydrogen-bond acceptors (Lipinski definition) is 4. The normalized spacial score (nSPS) is 11.5. The number of halogens is 2. The van der Waals surface area contributed by atoms with Gasteiger partial charge in [0.15, 0.2) is 0 Å². The Hall–Kier alpha value is -1.59. The molecule has 0 fully saturated rings. The fourth-order valence-electron chi connectivity index (χ4n) is 1.91. The van der Waals surface area contributed by atoms with Crippen molar-refractivity contribution in [2.24, 2.45) is 0 Å². The average Bonchev–Trinajstić information content (AvgIpc) is 3.20. The number of hydrogen-bond donors (Lipinski definition) is 0. The van der Waals surface area contributed by atoms with Crippen LogP contribution in [0.2, 0.25) is 10.0 Å². The zero-order valence-electron chi connectivity index (χ0n) is 11.7. The van der Waals surface area contributed by atoms with Crippen molar-refractivity contribution in [3.63, 3.8) is 0 Å². The molecule has 2 aromatic heterocycles. The maximum Gasteiger partial charge on any atom is 0.344 e. The Bertz CT molecular complexity index is 838. The van der Waals surface area contributed by atoms with E-state index in [1.54, 1.807) is 29.5 Å². The summed E-state index contributed by atoms with van der Waals surface area (Å²) in [4.78, 5) is 13.6. The summed E-state index contributed by atoms with van der Waals surface area (Å²) in [5, 5.41) is 6.57. The lowest BCUT2D eigenvalue weighted by atomic mass is 10.1. The SMILES string of the molecule is O=C(Oc1ccc(Cl)cc1Cl)/C(=C\c1cccs1)c1ccsc1. The molecule has 0 amide bonds. The first-order valence-electron chi connectivity index (χ1n) is 6.58. The molecule has 1 aromatic carbocycles. The molecule has 0 bridgehead atoms. The Labute approximate surface area is 151 Å². The number of ether oxygens (including phenoxy) is 1. The van der Waals surface area contributed by atoms with Crippen molar-refractivity contribution < 1.29 is 9.53 Å². The van der Waals surface area contributed by atoms with Crippen LogP contribution in [-0.4, -0.2) is 5.97 Å². The summed E-state index contributed by atoms with van der Waals surface area (Å²) in [7, 11) is 0. The van der Waals surface area contributed by atoms with Crippen molar-refractivity contribution in [3.8, 4) is 5.75 Å². The van der Waals surface area contributed by atoms with Crippen LogP contribution in [0.15, 0.2) is 52.5 Å². The van der Waals surface area contributed by atoms with Gasteiger partial charge in [0.2, 0.25) is 0 Å². The number of esters is 1. The molecule has 0 spiro atoms. The first-order valence-corrected chi connectivity index (χ1v) is 9.16. The predicted molar refractivity (Wildman–Crippen MR) is 98.6 cm³/mol. The van der Waals surface area contributed by atoms with E-state index in [-0.39, 0.29) is 5.75 Å². The van der Waals surface area contributed by atoms with E-state index in [0.29, 0.717) is 15.6 Å². The number of rotatable bonds is 4. The van der Waals surface area contributed by atoms with Crippen molar-refractivity contribution in [1.29, 1.82) is 0 Å². The third-order valence-electron chi connectivity index (χ3n) is 2.98. The standard InChI is InChI=1S/C17H10Cl2O2S2/c18-12-3-4-16(15(19)8-12)21-17(20)14(11-5-7-22-10-11)9-13-2-1-6-23-13/h1-10H/b14-9-. The third kappa shape index (κ3) is 4.03. The van der Waals surface area contributed by atoms with Crippen LogP contribution in [-0.2, 0) is 4.79 Å². The van der Waals surface area contributed by atoms with Gasteiger partial charge < -0.3 is 4.74 Å². The summed E-state index contributed by atoms with van der Waals surface area (Å²) < 4.78 is 5.45. The molecular weight excluding hydrogens is 371 g/mol. The first kappa shape index (κ1) is 16.3. The molecule has 2 nitrogen and oxygen atoms in total. The summed E-state index contributed by atoms with van der Waals surface area (Å²) in [6, 6.07) is 10.5. The van der Waals surface area contributed by atoms with E-state index in [9.17, 15) is 4.79 Å². The maximum absolute atomic E-state index is 12.6. The highest BCUT2D eigenvalue weighted by Crippen LogP contribution is 2.30. The quantitative estimate of drug-likeness (QED) is 0.303. The molecule has 0 radical (unpaired) electrons. The predicted octanol–water partition coefficient (Wildman–Crippen LogP) is 6.26. The molecule has 3 rings (SSSR count). The summed E-state index contributed by atoms with van der Waals surface area (Å²) in [6.07, 6.45) is 1.82. The summed E-state index contributed by atoms with van der Waals surface area (Å²) in [6.45, 7) is 0. The van der Waals surface area contributed by atoms with E-state index < -0.39 is 5.97 Å². The highest BCUT2D eigenvalue weighted by Gasteiger charge is 2.17.